The zero-order valence-corrected chi connectivity index (χ0v) is 12.8. The number of aryl methyl sites for hydroxylation is 2. The molecular weight excluding hydrogens is 230 g/mol. The molecule has 106 valence electrons. The summed E-state index contributed by atoms with van der Waals surface area (Å²) in [5.74, 6) is 0.777. The number of fused-ring (bicyclic) bond motifs is 1. The van der Waals surface area contributed by atoms with Crippen molar-refractivity contribution >= 4 is 0 Å². The van der Waals surface area contributed by atoms with Crippen LogP contribution in [0, 0.1) is 5.92 Å². The predicted molar refractivity (Wildman–Crippen MR) is 83.6 cm³/mol. The quantitative estimate of drug-likeness (QED) is 0.751. The first-order chi connectivity index (χ1) is 9.30. The summed E-state index contributed by atoms with van der Waals surface area (Å²) in [5.41, 5.74) is 4.70. The Kier molecular flexibility index (Phi) is 5.45. The summed E-state index contributed by atoms with van der Waals surface area (Å²) in [4.78, 5) is 0. The fourth-order valence-corrected chi connectivity index (χ4v) is 3.68. The second-order valence-electron chi connectivity index (χ2n) is 5.99. The molecule has 0 bridgehead atoms. The maximum absolute atomic E-state index is 3.58. The highest BCUT2D eigenvalue weighted by Gasteiger charge is 2.22. The van der Waals surface area contributed by atoms with Gasteiger partial charge in [-0.2, -0.15) is 0 Å². The molecule has 0 amide bonds. The van der Waals surface area contributed by atoms with Gasteiger partial charge in [-0.25, -0.2) is 0 Å². The molecule has 1 aliphatic rings. The highest BCUT2D eigenvalue weighted by molar-refractivity contribution is 5.36. The van der Waals surface area contributed by atoms with E-state index in [1.807, 2.05) is 0 Å². The maximum atomic E-state index is 3.58. The molecule has 1 heteroatoms. The number of rotatable bonds is 7. The van der Waals surface area contributed by atoms with E-state index in [4.69, 9.17) is 0 Å². The van der Waals surface area contributed by atoms with Crippen LogP contribution < -0.4 is 5.32 Å². The van der Waals surface area contributed by atoms with Crippen molar-refractivity contribution in [1.82, 2.24) is 5.32 Å². The molecule has 1 atom stereocenters. The van der Waals surface area contributed by atoms with E-state index in [1.54, 1.807) is 11.1 Å². The van der Waals surface area contributed by atoms with Gasteiger partial charge >= 0.3 is 0 Å². The average Bonchev–Trinajstić information content (AvgIpc) is 2.87. The van der Waals surface area contributed by atoms with Crippen molar-refractivity contribution in [3.63, 3.8) is 0 Å². The van der Waals surface area contributed by atoms with E-state index in [1.165, 1.54) is 50.5 Å². The third kappa shape index (κ3) is 3.39. The first-order valence-electron chi connectivity index (χ1n) is 8.09. The zero-order chi connectivity index (χ0) is 13.7. The summed E-state index contributed by atoms with van der Waals surface area (Å²) in [6.45, 7) is 4.61. The monoisotopic (exact) mass is 259 g/mol. The van der Waals surface area contributed by atoms with Crippen LogP contribution in [0.4, 0.5) is 0 Å². The predicted octanol–water partition coefficient (Wildman–Crippen LogP) is 4.65. The topological polar surface area (TPSA) is 12.0 Å². The summed E-state index contributed by atoms with van der Waals surface area (Å²) in [6, 6.07) is 7.74. The zero-order valence-electron chi connectivity index (χ0n) is 12.8. The Morgan fingerprint density at radius 3 is 2.37 bits per heavy atom. The van der Waals surface area contributed by atoms with Gasteiger partial charge in [-0.15, -0.1) is 0 Å². The molecule has 0 radical (unpaired) electrons. The van der Waals surface area contributed by atoms with Gasteiger partial charge < -0.3 is 5.32 Å². The van der Waals surface area contributed by atoms with Gasteiger partial charge in [-0.05, 0) is 61.8 Å². The van der Waals surface area contributed by atoms with E-state index in [2.05, 4.69) is 44.4 Å². The van der Waals surface area contributed by atoms with Crippen LogP contribution in [0.25, 0.3) is 0 Å². The largest absolute Gasteiger partial charge is 0.313 e. The highest BCUT2D eigenvalue weighted by Crippen LogP contribution is 2.32. The van der Waals surface area contributed by atoms with Crippen LogP contribution in [-0.4, -0.2) is 7.05 Å². The Labute approximate surface area is 118 Å². The van der Waals surface area contributed by atoms with Crippen molar-refractivity contribution in [2.45, 2.75) is 64.8 Å². The van der Waals surface area contributed by atoms with Gasteiger partial charge in [0.05, 0.1) is 0 Å². The lowest BCUT2D eigenvalue weighted by Crippen LogP contribution is -2.25. The van der Waals surface area contributed by atoms with Crippen LogP contribution in [-0.2, 0) is 12.8 Å². The van der Waals surface area contributed by atoms with E-state index >= 15 is 0 Å². The van der Waals surface area contributed by atoms with Crippen LogP contribution in [0.3, 0.4) is 0 Å². The minimum absolute atomic E-state index is 0.533. The van der Waals surface area contributed by atoms with Crippen molar-refractivity contribution < 1.29 is 0 Å². The van der Waals surface area contributed by atoms with E-state index in [9.17, 15) is 0 Å². The van der Waals surface area contributed by atoms with Crippen molar-refractivity contribution in [3.8, 4) is 0 Å². The second kappa shape index (κ2) is 7.09. The van der Waals surface area contributed by atoms with Crippen LogP contribution in [0.15, 0.2) is 18.2 Å². The van der Waals surface area contributed by atoms with Gasteiger partial charge in [0.1, 0.15) is 0 Å². The van der Waals surface area contributed by atoms with Gasteiger partial charge in [0, 0.05) is 6.04 Å². The molecule has 0 aliphatic heterocycles. The van der Waals surface area contributed by atoms with Crippen molar-refractivity contribution in [1.29, 1.82) is 0 Å². The lowest BCUT2D eigenvalue weighted by Gasteiger charge is -2.27. The SMILES string of the molecule is CCCC(CCC)C(NC)c1ccc2c(c1)CCC2. The molecule has 1 aromatic carbocycles. The Morgan fingerprint density at radius 2 is 1.74 bits per heavy atom. The summed E-state index contributed by atoms with van der Waals surface area (Å²) < 4.78 is 0. The van der Waals surface area contributed by atoms with Crippen LogP contribution in [0.5, 0.6) is 0 Å². The Hall–Kier alpha value is -0.820. The summed E-state index contributed by atoms with van der Waals surface area (Å²) in [7, 11) is 2.12. The van der Waals surface area contributed by atoms with Gasteiger partial charge in [0.2, 0.25) is 0 Å². The van der Waals surface area contributed by atoms with E-state index in [0.29, 0.717) is 6.04 Å². The molecule has 1 unspecified atom stereocenters. The van der Waals surface area contributed by atoms with Gasteiger partial charge in [0.25, 0.3) is 0 Å². The van der Waals surface area contributed by atoms with E-state index in [-0.39, 0.29) is 0 Å². The average molecular weight is 259 g/mol. The second-order valence-corrected chi connectivity index (χ2v) is 5.99. The summed E-state index contributed by atoms with van der Waals surface area (Å²) in [6.07, 6.45) is 9.14. The molecule has 1 aliphatic carbocycles. The van der Waals surface area contributed by atoms with E-state index in [0.717, 1.165) is 5.92 Å². The molecule has 1 N–H and O–H groups in total. The minimum Gasteiger partial charge on any atom is -0.313 e. The van der Waals surface area contributed by atoms with Gasteiger partial charge in [-0.3, -0.25) is 0 Å². The fourth-order valence-electron chi connectivity index (χ4n) is 3.68. The molecule has 0 saturated carbocycles. The molecule has 0 spiro atoms. The van der Waals surface area contributed by atoms with Crippen LogP contribution >= 0.6 is 0 Å². The lowest BCUT2D eigenvalue weighted by molar-refractivity contribution is 0.331. The normalized spacial score (nSPS) is 15.8. The number of benzene rings is 1. The fraction of sp³-hybridized carbons (Fsp3) is 0.667. The lowest BCUT2D eigenvalue weighted by atomic mass is 9.85. The summed E-state index contributed by atoms with van der Waals surface area (Å²) in [5, 5.41) is 3.58. The third-order valence-electron chi connectivity index (χ3n) is 4.58. The van der Waals surface area contributed by atoms with Crippen LogP contribution in [0.1, 0.15) is 68.7 Å². The maximum Gasteiger partial charge on any atom is 0.0346 e. The Bertz CT molecular complexity index is 391. The molecule has 0 heterocycles. The van der Waals surface area contributed by atoms with Crippen LogP contribution in [0.2, 0.25) is 0 Å². The molecule has 2 rings (SSSR count). The molecule has 1 aromatic rings. The first kappa shape index (κ1) is 14.6. The molecule has 19 heavy (non-hydrogen) atoms. The molecular formula is C18H29N. The number of hydrogen-bond acceptors (Lipinski definition) is 1. The highest BCUT2D eigenvalue weighted by atomic mass is 14.9. The molecule has 0 saturated heterocycles. The molecule has 1 nitrogen and oxygen atoms in total. The summed E-state index contributed by atoms with van der Waals surface area (Å²) >= 11 is 0. The molecule has 0 aromatic heterocycles. The number of nitrogens with one attached hydrogen (secondary N) is 1. The van der Waals surface area contributed by atoms with Gasteiger partial charge in [-0.1, -0.05) is 44.9 Å². The van der Waals surface area contributed by atoms with Crippen molar-refractivity contribution in [2.24, 2.45) is 5.92 Å². The van der Waals surface area contributed by atoms with Gasteiger partial charge in [0.15, 0.2) is 0 Å². The Morgan fingerprint density at radius 1 is 1.05 bits per heavy atom. The minimum atomic E-state index is 0.533. The first-order valence-corrected chi connectivity index (χ1v) is 8.09. The third-order valence-corrected chi connectivity index (χ3v) is 4.58. The molecule has 0 fully saturated rings. The Balaban J connectivity index is 2.19. The number of hydrogen-bond donors (Lipinski definition) is 1. The standard InChI is InChI=1S/C18H29N/c1-4-7-15(8-5-2)18(19-3)17-12-11-14-9-6-10-16(14)13-17/h11-13,15,18-19H,4-10H2,1-3H3. The van der Waals surface area contributed by atoms with Crippen molar-refractivity contribution in [3.05, 3.63) is 34.9 Å². The van der Waals surface area contributed by atoms with E-state index < -0.39 is 0 Å². The smallest absolute Gasteiger partial charge is 0.0346 e. The van der Waals surface area contributed by atoms with Crippen molar-refractivity contribution in [2.75, 3.05) is 7.05 Å².